The molecule has 0 saturated carbocycles. The van der Waals surface area contributed by atoms with Crippen molar-refractivity contribution in [3.05, 3.63) is 29.8 Å². The summed E-state index contributed by atoms with van der Waals surface area (Å²) in [5, 5.41) is 10.4. The number of aromatic hydroxyl groups is 1. The highest BCUT2D eigenvalue weighted by atomic mass is 16.3. The van der Waals surface area contributed by atoms with Crippen LogP contribution < -0.4 is 5.84 Å². The van der Waals surface area contributed by atoms with Crippen LogP contribution in [0.2, 0.25) is 0 Å². The van der Waals surface area contributed by atoms with Crippen molar-refractivity contribution in [1.82, 2.24) is 5.01 Å². The summed E-state index contributed by atoms with van der Waals surface area (Å²) in [6, 6.07) is 7.06. The number of nitrogens with two attached hydrogens (primary N) is 1. The molecule has 0 unspecified atom stereocenters. The van der Waals surface area contributed by atoms with Gasteiger partial charge in [0.2, 0.25) is 5.91 Å². The van der Waals surface area contributed by atoms with Gasteiger partial charge in [0, 0.05) is 13.0 Å². The summed E-state index contributed by atoms with van der Waals surface area (Å²) in [7, 11) is 0. The van der Waals surface area contributed by atoms with E-state index in [4.69, 9.17) is 10.9 Å². The Morgan fingerprint density at radius 1 is 1.38 bits per heavy atom. The second-order valence-electron chi connectivity index (χ2n) is 3.71. The van der Waals surface area contributed by atoms with Gasteiger partial charge in [-0.3, -0.25) is 9.80 Å². The smallest absolute Gasteiger partial charge is 0.236 e. The van der Waals surface area contributed by atoms with Gasteiger partial charge in [0.1, 0.15) is 5.75 Å². The van der Waals surface area contributed by atoms with Crippen molar-refractivity contribution in [3.63, 3.8) is 0 Å². The number of hydrazine groups is 1. The molecule has 0 atom stereocenters. The van der Waals surface area contributed by atoms with E-state index in [-0.39, 0.29) is 11.7 Å². The predicted molar refractivity (Wildman–Crippen MR) is 62.6 cm³/mol. The molecule has 16 heavy (non-hydrogen) atoms. The molecule has 3 N–H and O–H groups in total. The Hall–Kier alpha value is -1.55. The van der Waals surface area contributed by atoms with Gasteiger partial charge in [-0.25, -0.2) is 5.84 Å². The molecule has 88 valence electrons. The standard InChI is InChI=1S/C12H18N2O2/c1-2-12(16)14(13)9-3-4-10-5-7-11(15)8-6-10/h5-8,15H,2-4,9,13H2,1H3. The van der Waals surface area contributed by atoms with Gasteiger partial charge in [0.15, 0.2) is 0 Å². The Labute approximate surface area is 95.6 Å². The maximum Gasteiger partial charge on any atom is 0.236 e. The average molecular weight is 222 g/mol. The first-order valence-electron chi connectivity index (χ1n) is 5.46. The molecule has 0 fully saturated rings. The van der Waals surface area contributed by atoms with Crippen LogP contribution in [-0.4, -0.2) is 22.6 Å². The number of phenols is 1. The Balaban J connectivity index is 2.30. The third-order valence-electron chi connectivity index (χ3n) is 2.42. The molecule has 0 radical (unpaired) electrons. The fourth-order valence-electron chi connectivity index (χ4n) is 1.44. The molecule has 0 aliphatic heterocycles. The fourth-order valence-corrected chi connectivity index (χ4v) is 1.44. The Bertz CT molecular complexity index is 335. The Morgan fingerprint density at radius 2 is 2.00 bits per heavy atom. The van der Waals surface area contributed by atoms with E-state index in [0.29, 0.717) is 13.0 Å². The summed E-state index contributed by atoms with van der Waals surface area (Å²) in [4.78, 5) is 11.2. The Kier molecular flexibility index (Phi) is 4.79. The average Bonchev–Trinajstić information content (AvgIpc) is 2.30. The zero-order valence-electron chi connectivity index (χ0n) is 9.52. The monoisotopic (exact) mass is 222 g/mol. The highest BCUT2D eigenvalue weighted by Crippen LogP contribution is 2.11. The lowest BCUT2D eigenvalue weighted by Crippen LogP contribution is -2.37. The van der Waals surface area contributed by atoms with E-state index >= 15 is 0 Å². The van der Waals surface area contributed by atoms with Gasteiger partial charge < -0.3 is 5.11 Å². The van der Waals surface area contributed by atoms with E-state index in [1.54, 1.807) is 19.1 Å². The second-order valence-corrected chi connectivity index (χ2v) is 3.71. The summed E-state index contributed by atoms with van der Waals surface area (Å²) in [6.45, 7) is 2.36. The SMILES string of the molecule is CCC(=O)N(N)CCCc1ccc(O)cc1. The molecular weight excluding hydrogens is 204 g/mol. The molecule has 0 saturated heterocycles. The normalized spacial score (nSPS) is 10.1. The highest BCUT2D eigenvalue weighted by molar-refractivity contribution is 5.75. The number of phenolic OH excluding ortho intramolecular Hbond substituents is 1. The van der Waals surface area contributed by atoms with E-state index in [9.17, 15) is 4.79 Å². The molecule has 0 spiro atoms. The lowest BCUT2D eigenvalue weighted by Gasteiger charge is -2.15. The molecule has 4 nitrogen and oxygen atoms in total. The van der Waals surface area contributed by atoms with Gasteiger partial charge in [-0.1, -0.05) is 19.1 Å². The molecule has 1 amide bonds. The molecule has 0 heterocycles. The zero-order valence-corrected chi connectivity index (χ0v) is 9.52. The van der Waals surface area contributed by atoms with E-state index < -0.39 is 0 Å². The van der Waals surface area contributed by atoms with Gasteiger partial charge in [-0.2, -0.15) is 0 Å². The van der Waals surface area contributed by atoms with Crippen LogP contribution in [0, 0.1) is 0 Å². The highest BCUT2D eigenvalue weighted by Gasteiger charge is 2.05. The first-order valence-corrected chi connectivity index (χ1v) is 5.46. The van der Waals surface area contributed by atoms with E-state index in [1.807, 2.05) is 12.1 Å². The van der Waals surface area contributed by atoms with Crippen LogP contribution in [0.4, 0.5) is 0 Å². The van der Waals surface area contributed by atoms with Gasteiger partial charge in [-0.15, -0.1) is 0 Å². The summed E-state index contributed by atoms with van der Waals surface area (Å²) in [5.41, 5.74) is 1.13. The molecule has 1 aromatic rings. The maximum atomic E-state index is 11.2. The zero-order chi connectivity index (χ0) is 12.0. The van der Waals surface area contributed by atoms with Crippen LogP contribution in [0.1, 0.15) is 25.3 Å². The van der Waals surface area contributed by atoms with Crippen LogP contribution in [0.25, 0.3) is 0 Å². The lowest BCUT2D eigenvalue weighted by atomic mass is 10.1. The fraction of sp³-hybridized carbons (Fsp3) is 0.417. The van der Waals surface area contributed by atoms with Crippen molar-refractivity contribution in [2.24, 2.45) is 5.84 Å². The molecular formula is C12H18N2O2. The van der Waals surface area contributed by atoms with Crippen molar-refractivity contribution in [3.8, 4) is 5.75 Å². The van der Waals surface area contributed by atoms with Crippen LogP contribution in [0.3, 0.4) is 0 Å². The molecule has 0 aromatic heterocycles. The second kappa shape index (κ2) is 6.12. The van der Waals surface area contributed by atoms with Gasteiger partial charge in [0.05, 0.1) is 0 Å². The van der Waals surface area contributed by atoms with Crippen molar-refractivity contribution >= 4 is 5.91 Å². The molecule has 0 aliphatic rings. The molecule has 0 aliphatic carbocycles. The topological polar surface area (TPSA) is 66.6 Å². The van der Waals surface area contributed by atoms with E-state index in [1.165, 1.54) is 5.01 Å². The van der Waals surface area contributed by atoms with E-state index in [0.717, 1.165) is 18.4 Å². The lowest BCUT2D eigenvalue weighted by molar-refractivity contribution is -0.131. The number of carbonyl (C=O) groups is 1. The third-order valence-corrected chi connectivity index (χ3v) is 2.42. The number of hydrogen-bond donors (Lipinski definition) is 2. The van der Waals surface area contributed by atoms with Crippen molar-refractivity contribution in [2.45, 2.75) is 26.2 Å². The Morgan fingerprint density at radius 3 is 2.56 bits per heavy atom. The summed E-state index contributed by atoms with van der Waals surface area (Å²) in [5.74, 6) is 5.79. The van der Waals surface area contributed by atoms with Gasteiger partial charge >= 0.3 is 0 Å². The number of benzene rings is 1. The van der Waals surface area contributed by atoms with Crippen LogP contribution >= 0.6 is 0 Å². The summed E-state index contributed by atoms with van der Waals surface area (Å²) in [6.07, 6.45) is 2.12. The number of hydrogen-bond acceptors (Lipinski definition) is 3. The van der Waals surface area contributed by atoms with Gasteiger partial charge in [-0.05, 0) is 30.5 Å². The van der Waals surface area contributed by atoms with Crippen molar-refractivity contribution < 1.29 is 9.90 Å². The number of rotatable bonds is 5. The largest absolute Gasteiger partial charge is 0.508 e. The minimum atomic E-state index is -0.0364. The van der Waals surface area contributed by atoms with E-state index in [2.05, 4.69) is 0 Å². The van der Waals surface area contributed by atoms with Gasteiger partial charge in [0.25, 0.3) is 0 Å². The predicted octanol–water partition coefficient (Wildman–Crippen LogP) is 1.44. The maximum absolute atomic E-state index is 11.2. The van der Waals surface area contributed by atoms with Crippen LogP contribution in [0.15, 0.2) is 24.3 Å². The first-order chi connectivity index (χ1) is 7.63. The summed E-state index contributed by atoms with van der Waals surface area (Å²) < 4.78 is 0. The first kappa shape index (κ1) is 12.5. The van der Waals surface area contributed by atoms with Crippen molar-refractivity contribution in [2.75, 3.05) is 6.54 Å². The third kappa shape index (κ3) is 3.90. The minimum Gasteiger partial charge on any atom is -0.508 e. The molecule has 4 heteroatoms. The van der Waals surface area contributed by atoms with Crippen LogP contribution in [-0.2, 0) is 11.2 Å². The molecule has 1 rings (SSSR count). The summed E-state index contributed by atoms with van der Waals surface area (Å²) >= 11 is 0. The number of nitrogens with zero attached hydrogens (tertiary/aromatic N) is 1. The number of aryl methyl sites for hydroxylation is 1. The number of carbonyl (C=O) groups excluding carboxylic acids is 1. The van der Waals surface area contributed by atoms with Crippen molar-refractivity contribution in [1.29, 1.82) is 0 Å². The van der Waals surface area contributed by atoms with Crippen LogP contribution in [0.5, 0.6) is 5.75 Å². The minimum absolute atomic E-state index is 0.0364. The quantitative estimate of drug-likeness (QED) is 0.450. The number of amides is 1. The molecule has 0 bridgehead atoms. The molecule has 1 aromatic carbocycles.